The first-order chi connectivity index (χ1) is 10.8. The zero-order chi connectivity index (χ0) is 15.4. The Morgan fingerprint density at radius 2 is 2.09 bits per heavy atom. The van der Waals surface area contributed by atoms with Crippen LogP contribution >= 0.6 is 0 Å². The summed E-state index contributed by atoms with van der Waals surface area (Å²) in [5, 5.41) is 0. The van der Waals surface area contributed by atoms with E-state index in [-0.39, 0.29) is 11.9 Å². The summed E-state index contributed by atoms with van der Waals surface area (Å²) in [6.07, 6.45) is 8.81. The van der Waals surface area contributed by atoms with Crippen LogP contribution in [0.4, 0.5) is 0 Å². The van der Waals surface area contributed by atoms with E-state index in [4.69, 9.17) is 4.42 Å². The fraction of sp³-hybridized carbons (Fsp3) is 0.471. The fourth-order valence-corrected chi connectivity index (χ4v) is 3.07. The largest absolute Gasteiger partial charge is 0.448 e. The Labute approximate surface area is 130 Å². The molecule has 1 amide bonds. The minimum absolute atomic E-state index is 0.0520. The standard InChI is InChI=1S/C17H21N3O2/c1-13-16(19-12-22-13)17(21)20(15-8-3-2-4-9-15)11-14-7-5-6-10-18-14/h5-7,10,12,15H,2-4,8-9,11H2,1H3. The van der Waals surface area contributed by atoms with Gasteiger partial charge in [0.1, 0.15) is 5.76 Å². The van der Waals surface area contributed by atoms with Crippen molar-refractivity contribution in [2.24, 2.45) is 0 Å². The average Bonchev–Trinajstić information content (AvgIpc) is 3.00. The maximum atomic E-state index is 12.9. The van der Waals surface area contributed by atoms with Gasteiger partial charge in [0.05, 0.1) is 12.2 Å². The summed E-state index contributed by atoms with van der Waals surface area (Å²) in [4.78, 5) is 23.3. The molecule has 1 aliphatic rings. The van der Waals surface area contributed by atoms with E-state index in [9.17, 15) is 4.79 Å². The number of nitrogens with zero attached hydrogens (tertiary/aromatic N) is 3. The molecule has 0 N–H and O–H groups in total. The van der Waals surface area contributed by atoms with Gasteiger partial charge in [0.2, 0.25) is 0 Å². The predicted molar refractivity (Wildman–Crippen MR) is 82.2 cm³/mol. The van der Waals surface area contributed by atoms with E-state index in [2.05, 4.69) is 9.97 Å². The second-order valence-corrected chi connectivity index (χ2v) is 5.80. The van der Waals surface area contributed by atoms with E-state index in [0.29, 0.717) is 18.0 Å². The van der Waals surface area contributed by atoms with Crippen molar-refractivity contribution in [3.63, 3.8) is 0 Å². The number of hydrogen-bond acceptors (Lipinski definition) is 4. The summed E-state index contributed by atoms with van der Waals surface area (Å²) in [6.45, 7) is 2.30. The predicted octanol–water partition coefficient (Wildman–Crippen LogP) is 3.35. The van der Waals surface area contributed by atoms with Gasteiger partial charge in [0, 0.05) is 12.2 Å². The molecular weight excluding hydrogens is 278 g/mol. The maximum absolute atomic E-state index is 12.9. The molecule has 5 nitrogen and oxygen atoms in total. The molecule has 0 spiro atoms. The van der Waals surface area contributed by atoms with Crippen LogP contribution in [0.2, 0.25) is 0 Å². The van der Waals surface area contributed by atoms with Crippen molar-refractivity contribution >= 4 is 5.91 Å². The van der Waals surface area contributed by atoms with Crippen LogP contribution in [0.25, 0.3) is 0 Å². The van der Waals surface area contributed by atoms with Crippen molar-refractivity contribution in [2.45, 2.75) is 51.6 Å². The fourth-order valence-electron chi connectivity index (χ4n) is 3.07. The summed E-state index contributed by atoms with van der Waals surface area (Å²) in [5.74, 6) is 0.524. The SMILES string of the molecule is Cc1ocnc1C(=O)N(Cc1ccccn1)C1CCCCC1. The van der Waals surface area contributed by atoms with Gasteiger partial charge in [-0.15, -0.1) is 0 Å². The molecule has 5 heteroatoms. The quantitative estimate of drug-likeness (QED) is 0.868. The molecule has 3 rings (SSSR count). The van der Waals surface area contributed by atoms with Crippen LogP contribution in [0.5, 0.6) is 0 Å². The summed E-state index contributed by atoms with van der Waals surface area (Å²) in [6, 6.07) is 6.06. The first kappa shape index (κ1) is 14.8. The first-order valence-corrected chi connectivity index (χ1v) is 7.86. The molecule has 22 heavy (non-hydrogen) atoms. The number of rotatable bonds is 4. The van der Waals surface area contributed by atoms with E-state index >= 15 is 0 Å². The van der Waals surface area contributed by atoms with Gasteiger partial charge in [0.15, 0.2) is 12.1 Å². The van der Waals surface area contributed by atoms with Crippen molar-refractivity contribution < 1.29 is 9.21 Å². The summed E-state index contributed by atoms with van der Waals surface area (Å²) in [7, 11) is 0. The second-order valence-electron chi connectivity index (χ2n) is 5.80. The van der Waals surface area contributed by atoms with Crippen LogP contribution in [-0.2, 0) is 6.54 Å². The van der Waals surface area contributed by atoms with Gasteiger partial charge < -0.3 is 9.32 Å². The number of carbonyl (C=O) groups excluding carboxylic acids is 1. The molecule has 0 aromatic carbocycles. The van der Waals surface area contributed by atoms with E-state index in [0.717, 1.165) is 18.5 Å². The Balaban J connectivity index is 1.85. The number of amides is 1. The summed E-state index contributed by atoms with van der Waals surface area (Å²) in [5.41, 5.74) is 1.32. The Morgan fingerprint density at radius 3 is 2.73 bits per heavy atom. The highest BCUT2D eigenvalue weighted by Gasteiger charge is 2.29. The lowest BCUT2D eigenvalue weighted by Gasteiger charge is -2.33. The van der Waals surface area contributed by atoms with E-state index in [1.54, 1.807) is 13.1 Å². The molecule has 1 aliphatic carbocycles. The van der Waals surface area contributed by atoms with Gasteiger partial charge in [-0.25, -0.2) is 4.98 Å². The Hall–Kier alpha value is -2.17. The molecule has 0 radical (unpaired) electrons. The van der Waals surface area contributed by atoms with Crippen LogP contribution < -0.4 is 0 Å². The molecular formula is C17H21N3O2. The van der Waals surface area contributed by atoms with Gasteiger partial charge in [-0.2, -0.15) is 0 Å². The maximum Gasteiger partial charge on any atom is 0.276 e. The zero-order valence-corrected chi connectivity index (χ0v) is 12.9. The monoisotopic (exact) mass is 299 g/mol. The molecule has 0 saturated heterocycles. The van der Waals surface area contributed by atoms with Crippen LogP contribution in [0.15, 0.2) is 35.2 Å². The lowest BCUT2D eigenvalue weighted by atomic mass is 9.93. The Bertz CT molecular complexity index is 618. The lowest BCUT2D eigenvalue weighted by molar-refractivity contribution is 0.0604. The average molecular weight is 299 g/mol. The van der Waals surface area contributed by atoms with Gasteiger partial charge in [-0.3, -0.25) is 9.78 Å². The smallest absolute Gasteiger partial charge is 0.276 e. The highest BCUT2D eigenvalue weighted by atomic mass is 16.3. The van der Waals surface area contributed by atoms with Gasteiger partial charge in [0.25, 0.3) is 5.91 Å². The summed E-state index contributed by atoms with van der Waals surface area (Å²) >= 11 is 0. The molecule has 2 aromatic heterocycles. The molecule has 2 aromatic rings. The third-order valence-electron chi connectivity index (χ3n) is 4.28. The molecule has 0 unspecified atom stereocenters. The normalized spacial score (nSPS) is 15.7. The third-order valence-corrected chi connectivity index (χ3v) is 4.28. The molecule has 0 aliphatic heterocycles. The van der Waals surface area contributed by atoms with Gasteiger partial charge >= 0.3 is 0 Å². The van der Waals surface area contributed by atoms with E-state index < -0.39 is 0 Å². The molecule has 116 valence electrons. The Morgan fingerprint density at radius 1 is 1.27 bits per heavy atom. The summed E-state index contributed by atoms with van der Waals surface area (Å²) < 4.78 is 5.20. The van der Waals surface area contributed by atoms with E-state index in [1.807, 2.05) is 23.1 Å². The zero-order valence-electron chi connectivity index (χ0n) is 12.9. The minimum Gasteiger partial charge on any atom is -0.448 e. The van der Waals surface area contributed by atoms with Crippen LogP contribution in [0.3, 0.4) is 0 Å². The number of pyridine rings is 1. The molecule has 2 heterocycles. The van der Waals surface area contributed by atoms with Crippen molar-refractivity contribution in [1.82, 2.24) is 14.9 Å². The highest BCUT2D eigenvalue weighted by molar-refractivity contribution is 5.93. The van der Waals surface area contributed by atoms with E-state index in [1.165, 1.54) is 25.7 Å². The first-order valence-electron chi connectivity index (χ1n) is 7.86. The van der Waals surface area contributed by atoms with Crippen LogP contribution in [0.1, 0.15) is 54.0 Å². The van der Waals surface area contributed by atoms with Gasteiger partial charge in [-0.05, 0) is 31.9 Å². The second kappa shape index (κ2) is 6.73. The van der Waals surface area contributed by atoms with Gasteiger partial charge in [-0.1, -0.05) is 25.3 Å². The van der Waals surface area contributed by atoms with Crippen molar-refractivity contribution in [3.05, 3.63) is 47.9 Å². The highest BCUT2D eigenvalue weighted by Crippen LogP contribution is 2.25. The molecule has 0 bridgehead atoms. The number of aromatic nitrogens is 2. The molecule has 1 fully saturated rings. The minimum atomic E-state index is -0.0520. The third kappa shape index (κ3) is 3.18. The number of carbonyl (C=O) groups is 1. The van der Waals surface area contributed by atoms with Crippen LogP contribution in [-0.4, -0.2) is 26.8 Å². The van der Waals surface area contributed by atoms with Crippen molar-refractivity contribution in [3.8, 4) is 0 Å². The molecule has 1 saturated carbocycles. The number of oxazole rings is 1. The van der Waals surface area contributed by atoms with Crippen molar-refractivity contribution in [1.29, 1.82) is 0 Å². The van der Waals surface area contributed by atoms with Crippen molar-refractivity contribution in [2.75, 3.05) is 0 Å². The molecule has 0 atom stereocenters. The topological polar surface area (TPSA) is 59.2 Å². The lowest BCUT2D eigenvalue weighted by Crippen LogP contribution is -2.41. The Kier molecular flexibility index (Phi) is 4.51. The number of hydrogen-bond donors (Lipinski definition) is 0. The number of aryl methyl sites for hydroxylation is 1. The van der Waals surface area contributed by atoms with Crippen LogP contribution in [0, 0.1) is 6.92 Å².